The van der Waals surface area contributed by atoms with Crippen LogP contribution in [0.1, 0.15) is 6.55 Å². The predicted octanol–water partition coefficient (Wildman–Crippen LogP) is 2.34. The van der Waals surface area contributed by atoms with Crippen LogP contribution in [-0.2, 0) is 0 Å². The number of hydrogen-bond acceptors (Lipinski definition) is 2. The van der Waals surface area contributed by atoms with Gasteiger partial charge in [0, 0.05) is 5.56 Å². The van der Waals surface area contributed by atoms with Gasteiger partial charge in [-0.25, -0.2) is 0 Å². The number of benzene rings is 1. The van der Waals surface area contributed by atoms with Gasteiger partial charge in [0.05, 0.1) is 0 Å². The minimum atomic E-state index is -2.61. The standard InChI is InChI=1S/C9H7F2N3/c10-9(11)14-6-12-13-8(14)7-4-2-1-3-5-7/h1-6,9H. The van der Waals surface area contributed by atoms with E-state index in [0.29, 0.717) is 5.56 Å². The Labute approximate surface area is 79.0 Å². The Bertz CT molecular complexity index is 411. The number of nitrogens with zero attached hydrogens (tertiary/aromatic N) is 3. The van der Waals surface area contributed by atoms with Crippen LogP contribution in [0.25, 0.3) is 11.4 Å². The van der Waals surface area contributed by atoms with E-state index < -0.39 is 6.55 Å². The molecule has 5 heteroatoms. The van der Waals surface area contributed by atoms with Crippen LogP contribution in [0.4, 0.5) is 8.78 Å². The van der Waals surface area contributed by atoms with Crippen LogP contribution in [0, 0.1) is 0 Å². The first-order valence-electron chi connectivity index (χ1n) is 4.02. The Balaban J connectivity index is 2.47. The summed E-state index contributed by atoms with van der Waals surface area (Å²) in [5, 5.41) is 7.09. The monoisotopic (exact) mass is 195 g/mol. The molecule has 0 atom stereocenters. The van der Waals surface area contributed by atoms with Crippen molar-refractivity contribution in [2.24, 2.45) is 0 Å². The van der Waals surface area contributed by atoms with Crippen LogP contribution in [-0.4, -0.2) is 14.8 Å². The van der Waals surface area contributed by atoms with Crippen LogP contribution in [0.3, 0.4) is 0 Å². The fourth-order valence-corrected chi connectivity index (χ4v) is 1.18. The Kier molecular flexibility index (Phi) is 2.22. The van der Waals surface area contributed by atoms with Crippen molar-refractivity contribution in [2.75, 3.05) is 0 Å². The van der Waals surface area contributed by atoms with Gasteiger partial charge >= 0.3 is 6.55 Å². The van der Waals surface area contributed by atoms with Crippen molar-refractivity contribution >= 4 is 0 Å². The zero-order valence-corrected chi connectivity index (χ0v) is 7.14. The zero-order valence-electron chi connectivity index (χ0n) is 7.14. The van der Waals surface area contributed by atoms with E-state index in [1.165, 1.54) is 0 Å². The van der Waals surface area contributed by atoms with Gasteiger partial charge in [0.2, 0.25) is 0 Å². The molecule has 0 N–H and O–H groups in total. The van der Waals surface area contributed by atoms with E-state index in [9.17, 15) is 8.78 Å². The molecule has 0 aliphatic heterocycles. The average Bonchev–Trinajstić information content (AvgIpc) is 2.67. The van der Waals surface area contributed by atoms with E-state index in [2.05, 4.69) is 10.2 Å². The van der Waals surface area contributed by atoms with Crippen LogP contribution >= 0.6 is 0 Å². The van der Waals surface area contributed by atoms with Gasteiger partial charge < -0.3 is 0 Å². The largest absolute Gasteiger partial charge is 0.321 e. The topological polar surface area (TPSA) is 30.7 Å². The molecule has 0 fully saturated rings. The van der Waals surface area contributed by atoms with Crippen LogP contribution in [0.5, 0.6) is 0 Å². The van der Waals surface area contributed by atoms with Gasteiger partial charge in [0.15, 0.2) is 5.82 Å². The van der Waals surface area contributed by atoms with Crippen molar-refractivity contribution < 1.29 is 8.78 Å². The molecule has 72 valence electrons. The third-order valence-electron chi connectivity index (χ3n) is 1.82. The minimum Gasteiger partial charge on any atom is -0.255 e. The van der Waals surface area contributed by atoms with Crippen LogP contribution in [0.15, 0.2) is 36.7 Å². The molecule has 1 heterocycles. The molecule has 0 bridgehead atoms. The van der Waals surface area contributed by atoms with Crippen molar-refractivity contribution in [3.63, 3.8) is 0 Å². The molecule has 2 rings (SSSR count). The quantitative estimate of drug-likeness (QED) is 0.736. The third kappa shape index (κ3) is 1.48. The third-order valence-corrected chi connectivity index (χ3v) is 1.82. The summed E-state index contributed by atoms with van der Waals surface area (Å²) in [6.45, 7) is -2.61. The lowest BCUT2D eigenvalue weighted by molar-refractivity contribution is 0.0716. The van der Waals surface area contributed by atoms with Crippen LogP contribution in [0.2, 0.25) is 0 Å². The van der Waals surface area contributed by atoms with Crippen molar-refractivity contribution in [2.45, 2.75) is 6.55 Å². The summed E-state index contributed by atoms with van der Waals surface area (Å²) in [5.41, 5.74) is 0.630. The molecule has 0 aliphatic carbocycles. The molecule has 14 heavy (non-hydrogen) atoms. The Hall–Kier alpha value is -1.78. The smallest absolute Gasteiger partial charge is 0.255 e. The van der Waals surface area contributed by atoms with E-state index in [4.69, 9.17) is 0 Å². The molecule has 2 aromatic rings. The second-order valence-corrected chi connectivity index (χ2v) is 2.71. The fourth-order valence-electron chi connectivity index (χ4n) is 1.18. The average molecular weight is 195 g/mol. The highest BCUT2D eigenvalue weighted by atomic mass is 19.3. The molecule has 1 aromatic carbocycles. The van der Waals surface area contributed by atoms with E-state index in [-0.39, 0.29) is 5.82 Å². The lowest BCUT2D eigenvalue weighted by Gasteiger charge is -2.03. The highest BCUT2D eigenvalue weighted by Gasteiger charge is 2.13. The first-order chi connectivity index (χ1) is 6.79. The SMILES string of the molecule is FC(F)n1cnnc1-c1ccccc1. The van der Waals surface area contributed by atoms with Gasteiger partial charge in [-0.1, -0.05) is 30.3 Å². The molecule has 0 saturated heterocycles. The highest BCUT2D eigenvalue weighted by Crippen LogP contribution is 2.20. The first kappa shape index (κ1) is 8.80. The number of aromatic nitrogens is 3. The van der Waals surface area contributed by atoms with Crippen LogP contribution < -0.4 is 0 Å². The van der Waals surface area contributed by atoms with Crippen molar-refractivity contribution in [1.82, 2.24) is 14.8 Å². The summed E-state index contributed by atoms with van der Waals surface area (Å²) in [7, 11) is 0. The van der Waals surface area contributed by atoms with Gasteiger partial charge in [0.1, 0.15) is 6.33 Å². The van der Waals surface area contributed by atoms with E-state index in [1.807, 2.05) is 6.07 Å². The second kappa shape index (κ2) is 3.53. The maximum Gasteiger partial charge on any atom is 0.321 e. The van der Waals surface area contributed by atoms with Gasteiger partial charge in [-0.15, -0.1) is 10.2 Å². The first-order valence-corrected chi connectivity index (χ1v) is 4.02. The number of alkyl halides is 2. The predicted molar refractivity (Wildman–Crippen MR) is 46.7 cm³/mol. The van der Waals surface area contributed by atoms with E-state index in [0.717, 1.165) is 10.9 Å². The van der Waals surface area contributed by atoms with Crippen molar-refractivity contribution in [1.29, 1.82) is 0 Å². The summed E-state index contributed by atoms with van der Waals surface area (Å²) < 4.78 is 25.6. The second-order valence-electron chi connectivity index (χ2n) is 2.71. The van der Waals surface area contributed by atoms with Gasteiger partial charge in [-0.3, -0.25) is 4.57 Å². The molecule has 0 unspecified atom stereocenters. The molecular formula is C9H7F2N3. The summed E-state index contributed by atoms with van der Waals surface area (Å²) in [4.78, 5) is 0. The molecule has 0 amide bonds. The fraction of sp³-hybridized carbons (Fsp3) is 0.111. The summed E-state index contributed by atoms with van der Waals surface area (Å²) in [5.74, 6) is 0.181. The van der Waals surface area contributed by atoms with Gasteiger partial charge in [-0.05, 0) is 0 Å². The van der Waals surface area contributed by atoms with Crippen molar-refractivity contribution in [3.05, 3.63) is 36.7 Å². The normalized spacial score (nSPS) is 10.8. The molecule has 0 saturated carbocycles. The van der Waals surface area contributed by atoms with Gasteiger partial charge in [0.25, 0.3) is 0 Å². The number of hydrogen-bond donors (Lipinski definition) is 0. The molecular weight excluding hydrogens is 188 g/mol. The molecule has 0 spiro atoms. The van der Waals surface area contributed by atoms with Crippen molar-refractivity contribution in [3.8, 4) is 11.4 Å². The Morgan fingerprint density at radius 3 is 2.50 bits per heavy atom. The number of halogens is 2. The summed E-state index contributed by atoms with van der Waals surface area (Å²) in [6, 6.07) is 8.76. The maximum absolute atomic E-state index is 12.4. The zero-order chi connectivity index (χ0) is 9.97. The summed E-state index contributed by atoms with van der Waals surface area (Å²) >= 11 is 0. The van der Waals surface area contributed by atoms with E-state index >= 15 is 0 Å². The Morgan fingerprint density at radius 1 is 1.14 bits per heavy atom. The lowest BCUT2D eigenvalue weighted by atomic mass is 10.2. The maximum atomic E-state index is 12.4. The lowest BCUT2D eigenvalue weighted by Crippen LogP contribution is -1.99. The van der Waals surface area contributed by atoms with Gasteiger partial charge in [-0.2, -0.15) is 8.78 Å². The highest BCUT2D eigenvalue weighted by molar-refractivity contribution is 5.54. The molecule has 3 nitrogen and oxygen atoms in total. The molecule has 0 radical (unpaired) electrons. The Morgan fingerprint density at radius 2 is 1.86 bits per heavy atom. The summed E-state index contributed by atoms with van der Waals surface area (Å²) in [6.07, 6.45) is 1.02. The van der Waals surface area contributed by atoms with E-state index in [1.54, 1.807) is 24.3 Å². The number of rotatable bonds is 2. The molecule has 0 aliphatic rings. The minimum absolute atomic E-state index is 0.181. The molecule has 1 aromatic heterocycles.